The van der Waals surface area contributed by atoms with Gasteiger partial charge in [0.2, 0.25) is 0 Å². The van der Waals surface area contributed by atoms with E-state index in [4.69, 9.17) is 0 Å². The van der Waals surface area contributed by atoms with Crippen LogP contribution in [0.2, 0.25) is 0 Å². The number of rotatable bonds is 1. The third kappa shape index (κ3) is 3.31. The molecule has 1 aromatic rings. The zero-order chi connectivity index (χ0) is 11.7. The van der Waals surface area contributed by atoms with Crippen molar-refractivity contribution in [1.82, 2.24) is 5.32 Å². The number of nitrogens with one attached hydrogen (secondary N) is 1. The molecule has 1 saturated heterocycles. The fourth-order valence-electron chi connectivity index (χ4n) is 2.30. The average molecular weight is 302 g/mol. The highest BCUT2D eigenvalue weighted by molar-refractivity contribution is 5.85. The molecule has 104 valence electrons. The second-order valence-corrected chi connectivity index (χ2v) is 4.34. The van der Waals surface area contributed by atoms with Crippen LogP contribution in [0, 0.1) is 23.4 Å². The van der Waals surface area contributed by atoms with E-state index in [1.807, 2.05) is 6.92 Å². The maximum atomic E-state index is 13.6. The number of halogens is 5. The van der Waals surface area contributed by atoms with Gasteiger partial charge < -0.3 is 5.32 Å². The summed E-state index contributed by atoms with van der Waals surface area (Å²) in [7, 11) is 0. The highest BCUT2D eigenvalue weighted by atomic mass is 35.5. The smallest absolute Gasteiger partial charge is 0.194 e. The van der Waals surface area contributed by atoms with Crippen LogP contribution in [0.25, 0.3) is 0 Å². The summed E-state index contributed by atoms with van der Waals surface area (Å²) in [6.45, 7) is 3.55. The van der Waals surface area contributed by atoms with E-state index in [0.717, 1.165) is 25.6 Å². The van der Waals surface area contributed by atoms with Gasteiger partial charge in [0.15, 0.2) is 17.5 Å². The van der Waals surface area contributed by atoms with Gasteiger partial charge in [-0.3, -0.25) is 0 Å². The molecule has 0 bridgehead atoms. The monoisotopic (exact) mass is 301 g/mol. The molecule has 0 amide bonds. The Morgan fingerprint density at radius 1 is 1.11 bits per heavy atom. The zero-order valence-corrected chi connectivity index (χ0v) is 11.5. The highest BCUT2D eigenvalue weighted by Gasteiger charge is 2.27. The Hall–Kier alpha value is -0.450. The summed E-state index contributed by atoms with van der Waals surface area (Å²) in [6.07, 6.45) is 0.753. The average Bonchev–Trinajstić information content (AvgIpc) is 2.28. The molecule has 0 unspecified atom stereocenters. The number of benzene rings is 1. The molecule has 2 rings (SSSR count). The summed E-state index contributed by atoms with van der Waals surface area (Å²) in [5.74, 6) is -3.31. The molecule has 0 aromatic heterocycles. The minimum atomic E-state index is -1.36. The molecular weight excluding hydrogens is 286 g/mol. The lowest BCUT2D eigenvalue weighted by Gasteiger charge is -2.30. The summed E-state index contributed by atoms with van der Waals surface area (Å²) < 4.78 is 39.5. The molecule has 6 heteroatoms. The van der Waals surface area contributed by atoms with Gasteiger partial charge in [-0.25, -0.2) is 13.2 Å². The lowest BCUT2D eigenvalue weighted by molar-refractivity contribution is 0.334. The molecule has 1 N–H and O–H groups in total. The fraction of sp³-hybridized carbons (Fsp3) is 0.500. The standard InChI is InChI=1S/C12H14F3N.2ClH/c1-7-6-16-5-4-8(7)9-2-3-10(13)12(15)11(9)14;;/h2-3,7-8,16H,4-6H2,1H3;2*1H/t7-,8+;;/m1../s1. The molecule has 1 heterocycles. The first-order valence-corrected chi connectivity index (χ1v) is 5.45. The van der Waals surface area contributed by atoms with Crippen LogP contribution in [0.3, 0.4) is 0 Å². The minimum Gasteiger partial charge on any atom is -0.316 e. The van der Waals surface area contributed by atoms with Crippen LogP contribution in [-0.2, 0) is 0 Å². The zero-order valence-electron chi connectivity index (χ0n) is 9.88. The molecule has 1 aromatic carbocycles. The van der Waals surface area contributed by atoms with E-state index in [1.54, 1.807) is 0 Å². The Kier molecular flexibility index (Phi) is 7.04. The molecule has 0 spiro atoms. The first-order chi connectivity index (χ1) is 7.61. The fourth-order valence-corrected chi connectivity index (χ4v) is 2.30. The second-order valence-electron chi connectivity index (χ2n) is 4.34. The van der Waals surface area contributed by atoms with Gasteiger partial charge in [-0.1, -0.05) is 13.0 Å². The molecule has 0 saturated carbocycles. The van der Waals surface area contributed by atoms with Crippen LogP contribution >= 0.6 is 24.8 Å². The predicted molar refractivity (Wildman–Crippen MR) is 70.2 cm³/mol. The topological polar surface area (TPSA) is 12.0 Å². The van der Waals surface area contributed by atoms with Gasteiger partial charge in [0.1, 0.15) is 0 Å². The summed E-state index contributed by atoms with van der Waals surface area (Å²) >= 11 is 0. The summed E-state index contributed by atoms with van der Waals surface area (Å²) in [6, 6.07) is 2.36. The predicted octanol–water partition coefficient (Wildman–Crippen LogP) is 3.66. The number of piperidine rings is 1. The van der Waals surface area contributed by atoms with Crippen LogP contribution in [0.5, 0.6) is 0 Å². The largest absolute Gasteiger partial charge is 0.316 e. The van der Waals surface area contributed by atoms with Crippen molar-refractivity contribution >= 4 is 24.8 Å². The first kappa shape index (κ1) is 17.6. The van der Waals surface area contributed by atoms with Crippen molar-refractivity contribution in [3.05, 3.63) is 35.1 Å². The molecule has 1 fully saturated rings. The SMILES string of the molecule is C[C@@H]1CNCC[C@@H]1c1ccc(F)c(F)c1F.Cl.Cl. The minimum absolute atomic E-state index is 0. The Morgan fingerprint density at radius 2 is 1.78 bits per heavy atom. The van der Waals surface area contributed by atoms with Crippen LogP contribution in [0.15, 0.2) is 12.1 Å². The van der Waals surface area contributed by atoms with E-state index < -0.39 is 17.5 Å². The van der Waals surface area contributed by atoms with Crippen LogP contribution in [-0.4, -0.2) is 13.1 Å². The Bertz CT molecular complexity index is 401. The van der Waals surface area contributed by atoms with Crippen LogP contribution in [0.1, 0.15) is 24.8 Å². The maximum Gasteiger partial charge on any atom is 0.194 e. The third-order valence-corrected chi connectivity index (χ3v) is 3.25. The maximum absolute atomic E-state index is 13.6. The summed E-state index contributed by atoms with van der Waals surface area (Å²) in [5.41, 5.74) is 0.299. The lowest BCUT2D eigenvalue weighted by atomic mass is 9.82. The van der Waals surface area contributed by atoms with E-state index >= 15 is 0 Å². The van der Waals surface area contributed by atoms with Gasteiger partial charge in [-0.15, -0.1) is 24.8 Å². The van der Waals surface area contributed by atoms with Crippen LogP contribution < -0.4 is 5.32 Å². The Balaban J connectivity index is 0.00000144. The summed E-state index contributed by atoms with van der Waals surface area (Å²) in [4.78, 5) is 0. The molecule has 1 nitrogen and oxygen atoms in total. The Morgan fingerprint density at radius 3 is 2.39 bits per heavy atom. The lowest BCUT2D eigenvalue weighted by Crippen LogP contribution is -2.34. The van der Waals surface area contributed by atoms with Crippen molar-refractivity contribution in [3.63, 3.8) is 0 Å². The van der Waals surface area contributed by atoms with Crippen molar-refractivity contribution in [3.8, 4) is 0 Å². The number of hydrogen-bond acceptors (Lipinski definition) is 1. The summed E-state index contributed by atoms with van der Waals surface area (Å²) in [5, 5.41) is 3.19. The molecule has 0 aliphatic carbocycles. The molecule has 0 radical (unpaired) electrons. The third-order valence-electron chi connectivity index (χ3n) is 3.25. The second kappa shape index (κ2) is 7.22. The van der Waals surface area contributed by atoms with E-state index in [1.165, 1.54) is 6.07 Å². The van der Waals surface area contributed by atoms with Gasteiger partial charge in [0.05, 0.1) is 0 Å². The van der Waals surface area contributed by atoms with E-state index in [0.29, 0.717) is 5.56 Å². The highest BCUT2D eigenvalue weighted by Crippen LogP contribution is 2.32. The van der Waals surface area contributed by atoms with E-state index in [2.05, 4.69) is 5.32 Å². The van der Waals surface area contributed by atoms with Crippen molar-refractivity contribution < 1.29 is 13.2 Å². The number of hydrogen-bond donors (Lipinski definition) is 1. The Labute approximate surface area is 117 Å². The van der Waals surface area contributed by atoms with Gasteiger partial charge >= 0.3 is 0 Å². The normalized spacial score (nSPS) is 22.9. The molecule has 18 heavy (non-hydrogen) atoms. The van der Waals surface area contributed by atoms with Crippen molar-refractivity contribution in [2.45, 2.75) is 19.3 Å². The van der Waals surface area contributed by atoms with Gasteiger partial charge in [-0.05, 0) is 43.0 Å². The van der Waals surface area contributed by atoms with Crippen LogP contribution in [0.4, 0.5) is 13.2 Å². The van der Waals surface area contributed by atoms with Gasteiger partial charge in [-0.2, -0.15) is 0 Å². The molecular formula is C12H16Cl2F3N. The van der Waals surface area contributed by atoms with Crippen molar-refractivity contribution in [2.75, 3.05) is 13.1 Å². The molecule has 1 aliphatic rings. The van der Waals surface area contributed by atoms with Gasteiger partial charge in [0.25, 0.3) is 0 Å². The van der Waals surface area contributed by atoms with Crippen molar-refractivity contribution in [2.24, 2.45) is 5.92 Å². The first-order valence-electron chi connectivity index (χ1n) is 5.45. The molecule has 1 aliphatic heterocycles. The quantitative estimate of drug-likeness (QED) is 0.781. The van der Waals surface area contributed by atoms with Crippen molar-refractivity contribution in [1.29, 1.82) is 0 Å². The molecule has 2 atom stereocenters. The van der Waals surface area contributed by atoms with Gasteiger partial charge in [0, 0.05) is 0 Å². The van der Waals surface area contributed by atoms with E-state index in [9.17, 15) is 13.2 Å². The van der Waals surface area contributed by atoms with E-state index in [-0.39, 0.29) is 36.6 Å².